The zero-order valence-electron chi connectivity index (χ0n) is 7.91. The Kier molecular flexibility index (Phi) is 2.21. The summed E-state index contributed by atoms with van der Waals surface area (Å²) in [4.78, 5) is 15.0. The molecule has 1 N–H and O–H groups in total. The first kappa shape index (κ1) is 9.15. The third-order valence-corrected chi connectivity index (χ3v) is 2.49. The second-order valence-corrected chi connectivity index (χ2v) is 3.32. The molecular formula is C10H11NO3. The Bertz CT molecular complexity index is 387. The molecule has 2 rings (SSSR count). The lowest BCUT2D eigenvalue weighted by Crippen LogP contribution is -2.17. The van der Waals surface area contributed by atoms with E-state index >= 15 is 0 Å². The molecule has 0 unspecified atom stereocenters. The van der Waals surface area contributed by atoms with Crippen molar-refractivity contribution in [1.29, 1.82) is 0 Å². The quantitative estimate of drug-likeness (QED) is 0.727. The number of fused-ring (bicyclic) bond motifs is 1. The summed E-state index contributed by atoms with van der Waals surface area (Å²) in [7, 11) is 0. The number of hydrogen-bond donors (Lipinski definition) is 1. The summed E-state index contributed by atoms with van der Waals surface area (Å²) in [6, 6.07) is 0. The first-order valence-electron chi connectivity index (χ1n) is 4.48. The van der Waals surface area contributed by atoms with Crippen molar-refractivity contribution in [2.45, 2.75) is 20.0 Å². The van der Waals surface area contributed by atoms with Crippen molar-refractivity contribution in [3.8, 4) is 0 Å². The van der Waals surface area contributed by atoms with E-state index in [1.807, 2.05) is 6.92 Å². The van der Waals surface area contributed by atoms with Crippen molar-refractivity contribution in [3.05, 3.63) is 28.6 Å². The molecule has 0 atom stereocenters. The van der Waals surface area contributed by atoms with Gasteiger partial charge in [-0.15, -0.1) is 0 Å². The van der Waals surface area contributed by atoms with Gasteiger partial charge in [0.05, 0.1) is 18.8 Å². The number of hydrogen-bond acceptors (Lipinski definition) is 3. The summed E-state index contributed by atoms with van der Waals surface area (Å²) < 4.78 is 5.25. The summed E-state index contributed by atoms with van der Waals surface area (Å²) in [6.45, 7) is 2.94. The SMILES string of the molecule is Cc1ncc(C(=O)O)c2c1CCOC2. The minimum absolute atomic E-state index is 0.269. The fourth-order valence-electron chi connectivity index (χ4n) is 1.73. The molecule has 0 spiro atoms. The van der Waals surface area contributed by atoms with Gasteiger partial charge in [-0.2, -0.15) is 0 Å². The van der Waals surface area contributed by atoms with E-state index in [9.17, 15) is 4.79 Å². The molecule has 0 aromatic carbocycles. The average molecular weight is 193 g/mol. The van der Waals surface area contributed by atoms with Gasteiger partial charge in [0.1, 0.15) is 0 Å². The number of ether oxygens (including phenoxy) is 1. The number of aromatic carboxylic acids is 1. The molecule has 4 heteroatoms. The first-order chi connectivity index (χ1) is 6.70. The molecule has 2 heterocycles. The van der Waals surface area contributed by atoms with Crippen LogP contribution in [0.15, 0.2) is 6.20 Å². The molecule has 14 heavy (non-hydrogen) atoms. The van der Waals surface area contributed by atoms with Crippen LogP contribution in [0.1, 0.15) is 27.2 Å². The van der Waals surface area contributed by atoms with Crippen molar-refractivity contribution in [2.75, 3.05) is 6.61 Å². The Morgan fingerprint density at radius 3 is 3.07 bits per heavy atom. The molecular weight excluding hydrogens is 182 g/mol. The van der Waals surface area contributed by atoms with E-state index in [1.165, 1.54) is 6.20 Å². The molecule has 1 aromatic heterocycles. The van der Waals surface area contributed by atoms with E-state index in [0.717, 1.165) is 23.2 Å². The number of carbonyl (C=O) groups is 1. The van der Waals surface area contributed by atoms with Crippen LogP contribution in [-0.4, -0.2) is 22.7 Å². The van der Waals surface area contributed by atoms with Crippen LogP contribution < -0.4 is 0 Å². The predicted molar refractivity (Wildman–Crippen MR) is 49.3 cm³/mol. The fourth-order valence-corrected chi connectivity index (χ4v) is 1.73. The minimum Gasteiger partial charge on any atom is -0.478 e. The van der Waals surface area contributed by atoms with Crippen molar-refractivity contribution in [1.82, 2.24) is 4.98 Å². The summed E-state index contributed by atoms with van der Waals surface area (Å²) in [5, 5.41) is 8.94. The maximum Gasteiger partial charge on any atom is 0.337 e. The molecule has 0 aliphatic carbocycles. The van der Waals surface area contributed by atoms with Crippen LogP contribution in [0.5, 0.6) is 0 Å². The van der Waals surface area contributed by atoms with E-state index in [4.69, 9.17) is 9.84 Å². The lowest BCUT2D eigenvalue weighted by molar-refractivity contribution is 0.0681. The second-order valence-electron chi connectivity index (χ2n) is 3.32. The number of nitrogens with zero attached hydrogens (tertiary/aromatic N) is 1. The Labute approximate surface area is 81.5 Å². The highest BCUT2D eigenvalue weighted by Gasteiger charge is 2.19. The van der Waals surface area contributed by atoms with E-state index in [-0.39, 0.29) is 5.56 Å². The second kappa shape index (κ2) is 3.38. The normalized spacial score (nSPS) is 14.9. The topological polar surface area (TPSA) is 59.4 Å². The Morgan fingerprint density at radius 1 is 1.57 bits per heavy atom. The van der Waals surface area contributed by atoms with E-state index in [1.54, 1.807) is 0 Å². The van der Waals surface area contributed by atoms with Crippen LogP contribution in [0.2, 0.25) is 0 Å². The van der Waals surface area contributed by atoms with E-state index < -0.39 is 5.97 Å². The van der Waals surface area contributed by atoms with E-state index in [2.05, 4.69) is 4.98 Å². The third-order valence-electron chi connectivity index (χ3n) is 2.49. The van der Waals surface area contributed by atoms with Gasteiger partial charge in [-0.1, -0.05) is 0 Å². The number of aryl methyl sites for hydroxylation is 1. The van der Waals surface area contributed by atoms with Gasteiger partial charge in [0.15, 0.2) is 0 Å². The van der Waals surface area contributed by atoms with Crippen molar-refractivity contribution in [2.24, 2.45) is 0 Å². The molecule has 0 bridgehead atoms. The number of aromatic nitrogens is 1. The van der Waals surface area contributed by atoms with Gasteiger partial charge in [-0.25, -0.2) is 4.79 Å². The molecule has 1 aromatic rings. The maximum absolute atomic E-state index is 10.9. The van der Waals surface area contributed by atoms with Gasteiger partial charge in [0, 0.05) is 11.9 Å². The number of rotatable bonds is 1. The van der Waals surface area contributed by atoms with Crippen LogP contribution in [0.3, 0.4) is 0 Å². The van der Waals surface area contributed by atoms with Crippen LogP contribution in [-0.2, 0) is 17.8 Å². The average Bonchev–Trinajstić information content (AvgIpc) is 2.18. The standard InChI is InChI=1S/C10H11NO3/c1-6-7-2-3-14-5-9(7)8(4-11-6)10(12)13/h4H,2-3,5H2,1H3,(H,12,13). The van der Waals surface area contributed by atoms with Gasteiger partial charge in [-0.3, -0.25) is 4.98 Å². The zero-order chi connectivity index (χ0) is 10.1. The third kappa shape index (κ3) is 1.37. The fraction of sp³-hybridized carbons (Fsp3) is 0.400. The lowest BCUT2D eigenvalue weighted by atomic mass is 9.98. The van der Waals surface area contributed by atoms with Gasteiger partial charge in [-0.05, 0) is 24.5 Å². The van der Waals surface area contributed by atoms with Gasteiger partial charge in [0.2, 0.25) is 0 Å². The highest BCUT2D eigenvalue weighted by molar-refractivity contribution is 5.89. The molecule has 0 fully saturated rings. The Morgan fingerprint density at radius 2 is 2.36 bits per heavy atom. The Balaban J connectivity index is 2.59. The summed E-state index contributed by atoms with van der Waals surface area (Å²) in [5.74, 6) is -0.931. The molecule has 0 radical (unpaired) electrons. The summed E-state index contributed by atoms with van der Waals surface area (Å²) >= 11 is 0. The number of carboxylic acids is 1. The van der Waals surface area contributed by atoms with Crippen LogP contribution in [0.4, 0.5) is 0 Å². The van der Waals surface area contributed by atoms with Crippen molar-refractivity contribution < 1.29 is 14.6 Å². The molecule has 74 valence electrons. The molecule has 0 saturated heterocycles. The van der Waals surface area contributed by atoms with Gasteiger partial charge < -0.3 is 9.84 Å². The Hall–Kier alpha value is -1.42. The van der Waals surface area contributed by atoms with Gasteiger partial charge >= 0.3 is 5.97 Å². The number of carboxylic acid groups (broad SMARTS) is 1. The highest BCUT2D eigenvalue weighted by Crippen LogP contribution is 2.22. The van der Waals surface area contributed by atoms with Crippen molar-refractivity contribution >= 4 is 5.97 Å². The molecule has 1 aliphatic rings. The smallest absolute Gasteiger partial charge is 0.337 e. The van der Waals surface area contributed by atoms with E-state index in [0.29, 0.717) is 13.2 Å². The number of pyridine rings is 1. The predicted octanol–water partition coefficient (Wildman–Crippen LogP) is 1.16. The maximum atomic E-state index is 10.9. The van der Waals surface area contributed by atoms with Crippen molar-refractivity contribution in [3.63, 3.8) is 0 Å². The monoisotopic (exact) mass is 193 g/mol. The summed E-state index contributed by atoms with van der Waals surface area (Å²) in [6.07, 6.45) is 2.17. The van der Waals surface area contributed by atoms with Crippen LogP contribution >= 0.6 is 0 Å². The largest absolute Gasteiger partial charge is 0.478 e. The lowest BCUT2D eigenvalue weighted by Gasteiger charge is -2.19. The van der Waals surface area contributed by atoms with Gasteiger partial charge in [0.25, 0.3) is 0 Å². The van der Waals surface area contributed by atoms with Crippen LogP contribution in [0, 0.1) is 6.92 Å². The molecule has 0 saturated carbocycles. The van der Waals surface area contributed by atoms with Crippen LogP contribution in [0.25, 0.3) is 0 Å². The first-order valence-corrected chi connectivity index (χ1v) is 4.48. The molecule has 4 nitrogen and oxygen atoms in total. The minimum atomic E-state index is -0.931. The zero-order valence-corrected chi connectivity index (χ0v) is 7.91. The molecule has 1 aliphatic heterocycles. The molecule has 0 amide bonds. The highest BCUT2D eigenvalue weighted by atomic mass is 16.5. The summed E-state index contributed by atoms with van der Waals surface area (Å²) in [5.41, 5.74) is 3.01.